The van der Waals surface area contributed by atoms with Crippen LogP contribution in [0.15, 0.2) is 18.2 Å². The zero-order chi connectivity index (χ0) is 13.9. The van der Waals surface area contributed by atoms with E-state index in [1.807, 2.05) is 0 Å². The van der Waals surface area contributed by atoms with Gasteiger partial charge in [0.1, 0.15) is 5.82 Å². The number of aliphatic hydroxyl groups is 1. The molecule has 0 spiro atoms. The molecule has 1 aromatic carbocycles. The Hall–Kier alpha value is -1.66. The SMILES string of the molecule is CN(CC(C)(C)O)C(=O)c1cccc(F)c1NN. The van der Waals surface area contributed by atoms with Crippen molar-refractivity contribution in [2.24, 2.45) is 5.84 Å². The van der Waals surface area contributed by atoms with E-state index >= 15 is 0 Å². The third kappa shape index (κ3) is 3.41. The molecule has 1 rings (SSSR count). The minimum absolute atomic E-state index is 0.0508. The fourth-order valence-electron chi connectivity index (χ4n) is 1.71. The van der Waals surface area contributed by atoms with E-state index in [0.29, 0.717) is 0 Å². The molecule has 0 heterocycles. The molecular formula is C12H18FN3O2. The smallest absolute Gasteiger partial charge is 0.255 e. The number of nitrogens with one attached hydrogen (secondary N) is 1. The van der Waals surface area contributed by atoms with Crippen LogP contribution in [0.25, 0.3) is 0 Å². The molecule has 1 aromatic rings. The number of nitrogens with two attached hydrogens (primary N) is 1. The minimum atomic E-state index is -1.02. The summed E-state index contributed by atoms with van der Waals surface area (Å²) in [6.45, 7) is 3.31. The number of carbonyl (C=O) groups excluding carboxylic acids is 1. The van der Waals surface area contributed by atoms with Crippen LogP contribution in [0.5, 0.6) is 0 Å². The zero-order valence-corrected chi connectivity index (χ0v) is 10.7. The van der Waals surface area contributed by atoms with Gasteiger partial charge in [0, 0.05) is 13.6 Å². The highest BCUT2D eigenvalue weighted by Crippen LogP contribution is 2.20. The van der Waals surface area contributed by atoms with Crippen molar-refractivity contribution >= 4 is 11.6 Å². The largest absolute Gasteiger partial charge is 0.389 e. The first-order valence-corrected chi connectivity index (χ1v) is 5.49. The van der Waals surface area contributed by atoms with Crippen LogP contribution in [0.3, 0.4) is 0 Å². The van der Waals surface area contributed by atoms with Crippen molar-refractivity contribution in [2.75, 3.05) is 19.0 Å². The molecule has 0 atom stereocenters. The lowest BCUT2D eigenvalue weighted by atomic mass is 10.1. The molecule has 0 unspecified atom stereocenters. The molecule has 4 N–H and O–H groups in total. The van der Waals surface area contributed by atoms with Gasteiger partial charge in [0.05, 0.1) is 16.9 Å². The van der Waals surface area contributed by atoms with E-state index in [0.717, 1.165) is 0 Å². The number of carbonyl (C=O) groups is 1. The molecule has 6 heteroatoms. The number of hydrazine groups is 1. The Kier molecular flexibility index (Phi) is 4.26. The second-order valence-corrected chi connectivity index (χ2v) is 4.78. The Labute approximate surface area is 105 Å². The maximum atomic E-state index is 13.4. The van der Waals surface area contributed by atoms with Crippen LogP contribution < -0.4 is 11.3 Å². The summed E-state index contributed by atoms with van der Waals surface area (Å²) in [5, 5.41) is 9.66. The second-order valence-electron chi connectivity index (χ2n) is 4.78. The lowest BCUT2D eigenvalue weighted by Crippen LogP contribution is -2.40. The monoisotopic (exact) mass is 255 g/mol. The summed E-state index contributed by atoms with van der Waals surface area (Å²) in [5.41, 5.74) is 1.24. The van der Waals surface area contributed by atoms with Crippen molar-refractivity contribution in [3.8, 4) is 0 Å². The Balaban J connectivity index is 3.01. The van der Waals surface area contributed by atoms with Gasteiger partial charge in [-0.3, -0.25) is 10.6 Å². The number of hydrogen-bond donors (Lipinski definition) is 3. The number of nitrogen functional groups attached to an aromatic ring is 1. The first-order valence-electron chi connectivity index (χ1n) is 5.49. The quantitative estimate of drug-likeness (QED) is 0.553. The van der Waals surface area contributed by atoms with Gasteiger partial charge in [-0.25, -0.2) is 4.39 Å². The zero-order valence-electron chi connectivity index (χ0n) is 10.7. The van der Waals surface area contributed by atoms with Gasteiger partial charge in [-0.1, -0.05) is 6.07 Å². The van der Waals surface area contributed by atoms with Gasteiger partial charge >= 0.3 is 0 Å². The highest BCUT2D eigenvalue weighted by molar-refractivity contribution is 5.99. The number of hydrogen-bond acceptors (Lipinski definition) is 4. The summed E-state index contributed by atoms with van der Waals surface area (Å²) >= 11 is 0. The Bertz CT molecular complexity index is 443. The number of halogens is 1. The summed E-state index contributed by atoms with van der Waals surface area (Å²) in [4.78, 5) is 13.4. The van der Waals surface area contributed by atoms with Crippen molar-refractivity contribution < 1.29 is 14.3 Å². The van der Waals surface area contributed by atoms with E-state index < -0.39 is 17.3 Å². The number of benzene rings is 1. The topological polar surface area (TPSA) is 78.6 Å². The molecule has 1 amide bonds. The molecule has 100 valence electrons. The molecule has 0 saturated carbocycles. The number of likely N-dealkylation sites (N-methyl/N-ethyl adjacent to an activating group) is 1. The third-order valence-electron chi connectivity index (χ3n) is 2.36. The van der Waals surface area contributed by atoms with Gasteiger partial charge in [-0.2, -0.15) is 0 Å². The van der Waals surface area contributed by atoms with Crippen LogP contribution in [-0.4, -0.2) is 35.1 Å². The minimum Gasteiger partial charge on any atom is -0.389 e. The lowest BCUT2D eigenvalue weighted by molar-refractivity contribution is 0.0368. The Morgan fingerprint density at radius 3 is 2.67 bits per heavy atom. The molecule has 0 aromatic heterocycles. The van der Waals surface area contributed by atoms with Gasteiger partial charge in [0.15, 0.2) is 0 Å². The van der Waals surface area contributed by atoms with Gasteiger partial charge < -0.3 is 15.4 Å². The maximum Gasteiger partial charge on any atom is 0.255 e. The summed E-state index contributed by atoms with van der Waals surface area (Å²) in [5.74, 6) is 4.20. The van der Waals surface area contributed by atoms with E-state index in [2.05, 4.69) is 5.43 Å². The maximum absolute atomic E-state index is 13.4. The van der Waals surface area contributed by atoms with Crippen LogP contribution in [0.4, 0.5) is 10.1 Å². The van der Waals surface area contributed by atoms with E-state index in [1.165, 1.54) is 30.1 Å². The third-order valence-corrected chi connectivity index (χ3v) is 2.36. The molecule has 0 aliphatic rings. The summed E-state index contributed by atoms with van der Waals surface area (Å²) in [6.07, 6.45) is 0. The van der Waals surface area contributed by atoms with Gasteiger partial charge in [-0.15, -0.1) is 0 Å². The molecule has 0 bridgehead atoms. The molecule has 0 aliphatic heterocycles. The van der Waals surface area contributed by atoms with E-state index in [4.69, 9.17) is 5.84 Å². The molecule has 0 fully saturated rings. The molecule has 0 saturated heterocycles. The summed E-state index contributed by atoms with van der Waals surface area (Å²) < 4.78 is 13.4. The van der Waals surface area contributed by atoms with E-state index in [-0.39, 0.29) is 17.8 Å². The van der Waals surface area contributed by atoms with Crippen molar-refractivity contribution in [1.29, 1.82) is 0 Å². The summed E-state index contributed by atoms with van der Waals surface area (Å²) in [7, 11) is 1.53. The van der Waals surface area contributed by atoms with Gasteiger partial charge in [0.2, 0.25) is 0 Å². The van der Waals surface area contributed by atoms with Crippen molar-refractivity contribution in [3.05, 3.63) is 29.6 Å². The Morgan fingerprint density at radius 2 is 2.17 bits per heavy atom. The molecule has 0 aliphatic carbocycles. The van der Waals surface area contributed by atoms with Crippen LogP contribution in [0.1, 0.15) is 24.2 Å². The number of rotatable bonds is 4. The van der Waals surface area contributed by atoms with Gasteiger partial charge in [0.25, 0.3) is 5.91 Å². The lowest BCUT2D eigenvalue weighted by Gasteiger charge is -2.26. The first-order chi connectivity index (χ1) is 8.26. The highest BCUT2D eigenvalue weighted by Gasteiger charge is 2.23. The predicted molar refractivity (Wildman–Crippen MR) is 67.5 cm³/mol. The first kappa shape index (κ1) is 14.4. The number of amides is 1. The highest BCUT2D eigenvalue weighted by atomic mass is 19.1. The van der Waals surface area contributed by atoms with Crippen LogP contribution in [0, 0.1) is 5.82 Å². The van der Waals surface area contributed by atoms with Crippen molar-refractivity contribution in [1.82, 2.24) is 4.90 Å². The van der Waals surface area contributed by atoms with Crippen molar-refractivity contribution in [3.63, 3.8) is 0 Å². The van der Waals surface area contributed by atoms with Crippen LogP contribution in [0.2, 0.25) is 0 Å². The molecule has 0 radical (unpaired) electrons. The van der Waals surface area contributed by atoms with E-state index in [9.17, 15) is 14.3 Å². The fraction of sp³-hybridized carbons (Fsp3) is 0.417. The Morgan fingerprint density at radius 1 is 1.56 bits per heavy atom. The fourth-order valence-corrected chi connectivity index (χ4v) is 1.71. The molecule has 18 heavy (non-hydrogen) atoms. The standard InChI is InChI=1S/C12H18FN3O2/c1-12(2,18)7-16(3)11(17)8-5-4-6-9(13)10(8)15-14/h4-6,15,18H,7,14H2,1-3H3. The second kappa shape index (κ2) is 5.32. The number of anilines is 1. The van der Waals surface area contributed by atoms with Crippen LogP contribution >= 0.6 is 0 Å². The van der Waals surface area contributed by atoms with Gasteiger partial charge in [-0.05, 0) is 26.0 Å². The molecular weight excluding hydrogens is 237 g/mol. The van der Waals surface area contributed by atoms with Crippen LogP contribution in [-0.2, 0) is 0 Å². The van der Waals surface area contributed by atoms with Crippen molar-refractivity contribution in [2.45, 2.75) is 19.4 Å². The van der Waals surface area contributed by atoms with E-state index in [1.54, 1.807) is 13.8 Å². The molecule has 5 nitrogen and oxygen atoms in total. The number of nitrogens with zero attached hydrogens (tertiary/aromatic N) is 1. The average Bonchev–Trinajstić information content (AvgIpc) is 2.25. The average molecular weight is 255 g/mol. The predicted octanol–water partition coefficient (Wildman–Crippen LogP) is 0.954. The summed E-state index contributed by atoms with van der Waals surface area (Å²) in [6, 6.07) is 4.12. The normalized spacial score (nSPS) is 11.2. The number of para-hydroxylation sites is 1.